The lowest BCUT2D eigenvalue weighted by Gasteiger charge is -2.34. The molecule has 0 N–H and O–H groups in total. The minimum absolute atomic E-state index is 0.00685. The Morgan fingerprint density at radius 2 is 1.86 bits per heavy atom. The summed E-state index contributed by atoms with van der Waals surface area (Å²) in [5.41, 5.74) is 2.90. The number of hydrogen-bond donors (Lipinski definition) is 0. The smallest absolute Gasteiger partial charge is 0.338 e. The first kappa shape index (κ1) is 30.7. The first-order valence-corrected chi connectivity index (χ1v) is 14.3. The van der Waals surface area contributed by atoms with E-state index in [0.29, 0.717) is 23.1 Å². The van der Waals surface area contributed by atoms with Crippen molar-refractivity contribution in [3.63, 3.8) is 0 Å². The van der Waals surface area contributed by atoms with Gasteiger partial charge in [0.2, 0.25) is 5.91 Å². The third-order valence-electron chi connectivity index (χ3n) is 7.28. The molecule has 2 aromatic carbocycles. The van der Waals surface area contributed by atoms with Crippen LogP contribution in [0.3, 0.4) is 0 Å². The molecule has 0 bridgehead atoms. The van der Waals surface area contributed by atoms with E-state index in [1.165, 1.54) is 34.1 Å². The number of carbonyl (C=O) groups is 3. The van der Waals surface area contributed by atoms with E-state index in [-0.39, 0.29) is 35.0 Å². The molecule has 0 saturated heterocycles. The topological polar surface area (TPSA) is 125 Å². The van der Waals surface area contributed by atoms with Crippen LogP contribution in [0.25, 0.3) is 11.8 Å². The molecular formula is C31H31ClFN7O4. The number of ether oxygens (including phenoxy) is 1. The quantitative estimate of drug-likeness (QED) is 0.220. The zero-order valence-electron chi connectivity index (χ0n) is 24.9. The number of hydrogen-bond acceptors (Lipinski definition) is 8. The Balaban J connectivity index is 1.43. The number of fused-ring (bicyclic) bond motifs is 1. The normalized spacial score (nSPS) is 15.0. The fourth-order valence-corrected chi connectivity index (χ4v) is 5.31. The van der Waals surface area contributed by atoms with E-state index in [0.717, 1.165) is 11.4 Å². The molecule has 0 saturated carbocycles. The highest BCUT2D eigenvalue weighted by molar-refractivity contribution is 6.31. The zero-order chi connectivity index (χ0) is 31.8. The van der Waals surface area contributed by atoms with Gasteiger partial charge in [0, 0.05) is 49.3 Å². The first-order valence-electron chi connectivity index (χ1n) is 13.9. The van der Waals surface area contributed by atoms with Gasteiger partial charge >= 0.3 is 5.97 Å². The largest absolute Gasteiger partial charge is 0.456 e. The van der Waals surface area contributed by atoms with Gasteiger partial charge in [0.25, 0.3) is 0 Å². The van der Waals surface area contributed by atoms with Crippen LogP contribution in [0, 0.1) is 12.7 Å². The van der Waals surface area contributed by atoms with Crippen LogP contribution in [-0.2, 0) is 34.2 Å². The second kappa shape index (κ2) is 12.1. The second-order valence-electron chi connectivity index (χ2n) is 11.5. The van der Waals surface area contributed by atoms with Gasteiger partial charge < -0.3 is 9.64 Å². The summed E-state index contributed by atoms with van der Waals surface area (Å²) in [5, 5.41) is 15.4. The lowest BCUT2D eigenvalue weighted by atomic mass is 9.90. The van der Waals surface area contributed by atoms with Gasteiger partial charge in [-0.2, -0.15) is 9.78 Å². The molecule has 1 atom stereocenters. The number of tetrazole rings is 1. The predicted octanol–water partition coefficient (Wildman–Crippen LogP) is 4.40. The molecule has 228 valence electrons. The predicted molar refractivity (Wildman–Crippen MR) is 160 cm³/mol. The highest BCUT2D eigenvalue weighted by Gasteiger charge is 2.38. The summed E-state index contributed by atoms with van der Waals surface area (Å²) in [6.45, 7) is 7.46. The van der Waals surface area contributed by atoms with Gasteiger partial charge in [0.05, 0.1) is 22.0 Å². The van der Waals surface area contributed by atoms with Crippen LogP contribution in [0.15, 0.2) is 48.8 Å². The average Bonchev–Trinajstić information content (AvgIpc) is 3.60. The standard InChI is InChI=1S/C31H31ClFN7O4/c1-18-27-23(35-38(18)5)14-15-39(26(42)13-10-21-24(40-17-34-36-37-40)12-11-22(32)28(21)33)29(27)25(41)16-19-6-8-20(9-7-19)30(43)44-31(2,3)4/h6-13,17,29H,14-16H2,1-5H3/b13-10+. The molecule has 4 aromatic rings. The van der Waals surface area contributed by atoms with Crippen molar-refractivity contribution >= 4 is 35.3 Å². The van der Waals surface area contributed by atoms with Crippen molar-refractivity contribution in [1.82, 2.24) is 34.9 Å². The number of halogens is 2. The van der Waals surface area contributed by atoms with Crippen LogP contribution in [0.2, 0.25) is 5.02 Å². The number of aromatic nitrogens is 6. The number of rotatable bonds is 7. The monoisotopic (exact) mass is 619 g/mol. The van der Waals surface area contributed by atoms with Crippen LogP contribution in [0.1, 0.15) is 65.2 Å². The van der Waals surface area contributed by atoms with E-state index >= 15 is 4.39 Å². The van der Waals surface area contributed by atoms with E-state index in [1.807, 2.05) is 6.92 Å². The van der Waals surface area contributed by atoms with Crippen LogP contribution < -0.4 is 0 Å². The maximum Gasteiger partial charge on any atom is 0.338 e. The summed E-state index contributed by atoms with van der Waals surface area (Å²) in [4.78, 5) is 41.6. The summed E-state index contributed by atoms with van der Waals surface area (Å²) in [6.07, 6.45) is 4.28. The molecule has 2 aromatic heterocycles. The summed E-state index contributed by atoms with van der Waals surface area (Å²) >= 11 is 6.04. The van der Waals surface area contributed by atoms with Crippen LogP contribution >= 0.6 is 11.6 Å². The van der Waals surface area contributed by atoms with Crippen molar-refractivity contribution in [2.45, 2.75) is 52.2 Å². The number of nitrogens with zero attached hydrogens (tertiary/aromatic N) is 7. The lowest BCUT2D eigenvalue weighted by Crippen LogP contribution is -2.43. The molecule has 1 amide bonds. The number of Topliss-reactive ketones (excluding diaryl/α,β-unsaturated/α-hetero) is 1. The Labute approximate surface area is 258 Å². The fourth-order valence-electron chi connectivity index (χ4n) is 5.15. The number of esters is 1. The van der Waals surface area contributed by atoms with Gasteiger partial charge in [-0.05, 0) is 74.0 Å². The summed E-state index contributed by atoms with van der Waals surface area (Å²) < 4.78 is 23.5. The van der Waals surface area contributed by atoms with Crippen LogP contribution in [0.5, 0.6) is 0 Å². The van der Waals surface area contributed by atoms with Crippen molar-refractivity contribution in [3.05, 3.63) is 93.3 Å². The third kappa shape index (κ3) is 6.30. The molecule has 0 radical (unpaired) electrons. The summed E-state index contributed by atoms with van der Waals surface area (Å²) in [7, 11) is 1.79. The lowest BCUT2D eigenvalue weighted by molar-refractivity contribution is -0.136. The van der Waals surface area contributed by atoms with Gasteiger partial charge in [-0.25, -0.2) is 9.18 Å². The molecule has 1 unspecified atom stereocenters. The molecule has 11 nitrogen and oxygen atoms in total. The van der Waals surface area contributed by atoms with Gasteiger partial charge in [-0.3, -0.25) is 14.3 Å². The number of ketones is 1. The van der Waals surface area contributed by atoms with E-state index < -0.39 is 29.3 Å². The highest BCUT2D eigenvalue weighted by Crippen LogP contribution is 2.34. The Kier molecular flexibility index (Phi) is 8.46. The summed E-state index contributed by atoms with van der Waals surface area (Å²) in [6, 6.07) is 8.63. The van der Waals surface area contributed by atoms with Crippen molar-refractivity contribution in [2.24, 2.45) is 7.05 Å². The Hall–Kier alpha value is -4.71. The van der Waals surface area contributed by atoms with E-state index in [9.17, 15) is 14.4 Å². The van der Waals surface area contributed by atoms with Crippen molar-refractivity contribution in [3.8, 4) is 5.69 Å². The van der Waals surface area contributed by atoms with Crippen molar-refractivity contribution in [1.29, 1.82) is 0 Å². The molecule has 0 aliphatic carbocycles. The minimum atomic E-state index is -0.918. The molecule has 1 aliphatic rings. The molecule has 13 heteroatoms. The van der Waals surface area contributed by atoms with Gasteiger partial charge in [0.1, 0.15) is 18.0 Å². The number of aryl methyl sites for hydroxylation is 1. The maximum atomic E-state index is 15.1. The Bertz CT molecular complexity index is 1760. The van der Waals surface area contributed by atoms with Gasteiger partial charge in [-0.15, -0.1) is 5.10 Å². The number of amides is 1. The highest BCUT2D eigenvalue weighted by atomic mass is 35.5. The number of benzene rings is 2. The van der Waals surface area contributed by atoms with Gasteiger partial charge in [-0.1, -0.05) is 23.7 Å². The van der Waals surface area contributed by atoms with Crippen LogP contribution in [-0.4, -0.2) is 64.7 Å². The minimum Gasteiger partial charge on any atom is -0.456 e. The molecule has 0 fully saturated rings. The van der Waals surface area contributed by atoms with Gasteiger partial charge in [0.15, 0.2) is 11.6 Å². The summed E-state index contributed by atoms with van der Waals surface area (Å²) in [5.74, 6) is -1.91. The SMILES string of the molecule is Cc1c2c(nn1C)CCN(C(=O)/C=C/c1c(-n3cnnn3)ccc(Cl)c1F)C2C(=O)Cc1ccc(C(=O)OC(C)(C)C)cc1. The maximum absolute atomic E-state index is 15.1. The number of carbonyl (C=O) groups excluding carboxylic acids is 3. The molecule has 0 spiro atoms. The molecule has 1 aliphatic heterocycles. The average molecular weight is 620 g/mol. The Morgan fingerprint density at radius 3 is 2.52 bits per heavy atom. The Morgan fingerprint density at radius 1 is 1.14 bits per heavy atom. The van der Waals surface area contributed by atoms with E-state index in [1.54, 1.807) is 62.8 Å². The third-order valence-corrected chi connectivity index (χ3v) is 7.58. The molecular weight excluding hydrogens is 589 g/mol. The molecule has 3 heterocycles. The molecule has 5 rings (SSSR count). The second-order valence-corrected chi connectivity index (χ2v) is 11.9. The van der Waals surface area contributed by atoms with Crippen molar-refractivity contribution < 1.29 is 23.5 Å². The van der Waals surface area contributed by atoms with Crippen LogP contribution in [0.4, 0.5) is 4.39 Å². The van der Waals surface area contributed by atoms with Crippen molar-refractivity contribution in [2.75, 3.05) is 6.54 Å². The molecule has 44 heavy (non-hydrogen) atoms. The first-order chi connectivity index (χ1) is 20.8. The van der Waals surface area contributed by atoms with E-state index in [4.69, 9.17) is 16.3 Å². The fraction of sp³-hybridized carbons (Fsp3) is 0.323. The zero-order valence-corrected chi connectivity index (χ0v) is 25.7. The van der Waals surface area contributed by atoms with E-state index in [2.05, 4.69) is 20.6 Å².